The van der Waals surface area contributed by atoms with Gasteiger partial charge in [-0.05, 0) is 18.4 Å². The number of epoxide rings is 1. The zero-order chi connectivity index (χ0) is 30.9. The standard InChI is InChI=1S/C28H40O14/c1-11(2)6-16(30)39-14-8-27(9-37-13(4)29)15(7-12(14)3)40-23-20(34)22(26(27,5)28(23)10-38-28)42-25-19(33)17(31)18(32)21(41-25)24(35)36/h7,11,14-15,17-23,25,31-34H,6,8-10H2,1-5H3,(H,35,36). The van der Waals surface area contributed by atoms with Crippen LogP contribution in [0.2, 0.25) is 0 Å². The van der Waals surface area contributed by atoms with Crippen LogP contribution in [0.15, 0.2) is 11.6 Å². The molecule has 13 unspecified atom stereocenters. The van der Waals surface area contributed by atoms with Gasteiger partial charge in [-0.2, -0.15) is 0 Å². The van der Waals surface area contributed by atoms with Gasteiger partial charge in [0.15, 0.2) is 12.4 Å². The first-order valence-electron chi connectivity index (χ1n) is 14.2. The summed E-state index contributed by atoms with van der Waals surface area (Å²) in [5, 5.41) is 52.4. The second-order valence-corrected chi connectivity index (χ2v) is 12.8. The van der Waals surface area contributed by atoms with Gasteiger partial charge in [-0.25, -0.2) is 4.79 Å². The van der Waals surface area contributed by atoms with Crippen molar-refractivity contribution in [2.24, 2.45) is 16.7 Å². The van der Waals surface area contributed by atoms with Crippen LogP contribution in [0.3, 0.4) is 0 Å². The molecule has 0 aromatic heterocycles. The molecule has 13 atom stereocenters. The smallest absolute Gasteiger partial charge is 0.335 e. The maximum Gasteiger partial charge on any atom is 0.335 e. The minimum atomic E-state index is -1.94. The van der Waals surface area contributed by atoms with E-state index in [2.05, 4.69) is 0 Å². The van der Waals surface area contributed by atoms with Crippen molar-refractivity contribution in [3.8, 4) is 0 Å². The third-order valence-corrected chi connectivity index (χ3v) is 9.80. The average molecular weight is 601 g/mol. The maximum atomic E-state index is 12.7. The minimum absolute atomic E-state index is 0.0562. The fourth-order valence-corrected chi connectivity index (χ4v) is 7.42. The van der Waals surface area contributed by atoms with Gasteiger partial charge in [-0.15, -0.1) is 0 Å². The molecule has 5 aliphatic rings. The van der Waals surface area contributed by atoms with Crippen molar-refractivity contribution >= 4 is 17.9 Å². The molecular weight excluding hydrogens is 560 g/mol. The lowest BCUT2D eigenvalue weighted by Gasteiger charge is -2.59. The number of hydrogen-bond donors (Lipinski definition) is 5. The number of aliphatic hydroxyl groups excluding tert-OH is 4. The molecule has 0 aromatic carbocycles. The molecule has 42 heavy (non-hydrogen) atoms. The molecule has 5 N–H and O–H groups in total. The highest BCUT2D eigenvalue weighted by molar-refractivity contribution is 5.73. The Morgan fingerprint density at radius 3 is 2.31 bits per heavy atom. The molecule has 0 aromatic rings. The molecule has 0 amide bonds. The Hall–Kier alpha value is -2.17. The van der Waals surface area contributed by atoms with Crippen molar-refractivity contribution in [2.75, 3.05) is 13.2 Å². The number of carboxylic acids is 1. The molecule has 2 bridgehead atoms. The summed E-state index contributed by atoms with van der Waals surface area (Å²) < 4.78 is 35.5. The van der Waals surface area contributed by atoms with Crippen molar-refractivity contribution in [3.63, 3.8) is 0 Å². The van der Waals surface area contributed by atoms with Crippen LogP contribution < -0.4 is 0 Å². The van der Waals surface area contributed by atoms with Crippen LogP contribution in [0.4, 0.5) is 0 Å². The van der Waals surface area contributed by atoms with Crippen molar-refractivity contribution in [1.29, 1.82) is 0 Å². The normalized spacial score (nSPS) is 47.5. The van der Waals surface area contributed by atoms with Crippen molar-refractivity contribution in [2.45, 2.75) is 114 Å². The Kier molecular flexibility index (Phi) is 8.02. The number of fused-ring (bicyclic) bond motifs is 2. The summed E-state index contributed by atoms with van der Waals surface area (Å²) in [5.74, 6) is -2.52. The monoisotopic (exact) mass is 600 g/mol. The number of ether oxygens (including phenoxy) is 6. The predicted molar refractivity (Wildman–Crippen MR) is 137 cm³/mol. The summed E-state index contributed by atoms with van der Waals surface area (Å²) in [4.78, 5) is 36.6. The largest absolute Gasteiger partial charge is 0.479 e. The summed E-state index contributed by atoms with van der Waals surface area (Å²) in [6, 6.07) is 0. The lowest BCUT2D eigenvalue weighted by atomic mass is 9.51. The van der Waals surface area contributed by atoms with E-state index in [1.54, 1.807) is 19.9 Å². The van der Waals surface area contributed by atoms with Crippen molar-refractivity contribution in [3.05, 3.63) is 11.6 Å². The molecule has 4 fully saturated rings. The Morgan fingerprint density at radius 1 is 1.07 bits per heavy atom. The fourth-order valence-electron chi connectivity index (χ4n) is 7.42. The summed E-state index contributed by atoms with van der Waals surface area (Å²) in [6.45, 7) is 8.50. The molecular formula is C28H40O14. The van der Waals surface area contributed by atoms with Gasteiger partial charge in [-0.1, -0.05) is 26.8 Å². The first-order valence-corrected chi connectivity index (χ1v) is 14.2. The second kappa shape index (κ2) is 10.8. The van der Waals surface area contributed by atoms with Gasteiger partial charge < -0.3 is 54.0 Å². The van der Waals surface area contributed by atoms with Crippen LogP contribution in [0.1, 0.15) is 47.5 Å². The van der Waals surface area contributed by atoms with Crippen molar-refractivity contribution in [1.82, 2.24) is 0 Å². The van der Waals surface area contributed by atoms with Crippen molar-refractivity contribution < 1.29 is 68.3 Å². The van der Waals surface area contributed by atoms with Gasteiger partial charge in [0.2, 0.25) is 0 Å². The van der Waals surface area contributed by atoms with Crippen LogP contribution in [-0.4, -0.2) is 123 Å². The lowest BCUT2D eigenvalue weighted by molar-refractivity contribution is -0.325. The van der Waals surface area contributed by atoms with Gasteiger partial charge in [0.05, 0.1) is 18.8 Å². The molecule has 236 valence electrons. The zero-order valence-electron chi connectivity index (χ0n) is 24.2. The highest BCUT2D eigenvalue weighted by atomic mass is 16.7. The second-order valence-electron chi connectivity index (χ2n) is 12.8. The summed E-state index contributed by atoms with van der Waals surface area (Å²) in [6.07, 6.45) is -12.4. The number of aliphatic carboxylic acids is 1. The molecule has 5 rings (SSSR count). The van der Waals surface area contributed by atoms with E-state index >= 15 is 0 Å². The van der Waals surface area contributed by atoms with Crippen LogP contribution in [0, 0.1) is 16.7 Å². The van der Waals surface area contributed by atoms with E-state index in [0.717, 1.165) is 0 Å². The summed E-state index contributed by atoms with van der Waals surface area (Å²) in [7, 11) is 0. The third-order valence-electron chi connectivity index (χ3n) is 9.80. The summed E-state index contributed by atoms with van der Waals surface area (Å²) in [5.41, 5.74) is -2.89. The van der Waals surface area contributed by atoms with E-state index < -0.39 is 95.6 Å². The van der Waals surface area contributed by atoms with E-state index in [4.69, 9.17) is 28.4 Å². The third kappa shape index (κ3) is 4.58. The van der Waals surface area contributed by atoms with E-state index in [0.29, 0.717) is 5.57 Å². The van der Waals surface area contributed by atoms with Gasteiger partial charge in [0.1, 0.15) is 48.8 Å². The Balaban J connectivity index is 1.56. The molecule has 3 aliphatic heterocycles. The number of hydrogen-bond acceptors (Lipinski definition) is 13. The molecule has 2 aliphatic carbocycles. The van der Waals surface area contributed by atoms with E-state index in [1.165, 1.54) is 6.92 Å². The number of carbonyl (C=O) groups excluding carboxylic acids is 2. The highest BCUT2D eigenvalue weighted by Crippen LogP contribution is 2.72. The minimum Gasteiger partial charge on any atom is -0.479 e. The molecule has 3 saturated heterocycles. The first kappa shape index (κ1) is 31.3. The number of carbonyl (C=O) groups is 3. The molecule has 0 radical (unpaired) electrons. The van der Waals surface area contributed by atoms with Crippen LogP contribution in [0.5, 0.6) is 0 Å². The van der Waals surface area contributed by atoms with Crippen LogP contribution in [-0.2, 0) is 42.8 Å². The Morgan fingerprint density at radius 2 is 1.74 bits per heavy atom. The van der Waals surface area contributed by atoms with E-state index in [9.17, 15) is 39.9 Å². The Labute approximate surface area is 242 Å². The average Bonchev–Trinajstić information content (AvgIpc) is 3.68. The molecule has 3 heterocycles. The number of aliphatic hydroxyl groups is 4. The van der Waals surface area contributed by atoms with E-state index in [-0.39, 0.29) is 32.0 Å². The fraction of sp³-hybridized carbons (Fsp3) is 0.821. The van der Waals surface area contributed by atoms with Gasteiger partial charge in [-0.3, -0.25) is 9.59 Å². The van der Waals surface area contributed by atoms with E-state index in [1.807, 2.05) is 13.8 Å². The van der Waals surface area contributed by atoms with Gasteiger partial charge in [0.25, 0.3) is 0 Å². The molecule has 14 heteroatoms. The van der Waals surface area contributed by atoms with Gasteiger partial charge in [0, 0.05) is 30.6 Å². The maximum absolute atomic E-state index is 12.7. The van der Waals surface area contributed by atoms with Crippen LogP contribution in [0.25, 0.3) is 0 Å². The molecule has 1 saturated carbocycles. The summed E-state index contributed by atoms with van der Waals surface area (Å²) >= 11 is 0. The molecule has 14 nitrogen and oxygen atoms in total. The SMILES string of the molecule is CC(=O)OCC12CC(OC(=O)CC(C)C)C(C)=CC1OC1C(O)C(OC3OC(C(=O)O)C(O)C(O)C3O)C2(C)C12CO2. The Bertz CT molecular complexity index is 1130. The highest BCUT2D eigenvalue weighted by Gasteiger charge is 2.86. The topological polar surface area (TPSA) is 211 Å². The number of carboxylic acid groups (broad SMARTS) is 1. The predicted octanol–water partition coefficient (Wildman–Crippen LogP) is -0.962. The number of rotatable bonds is 8. The quantitative estimate of drug-likeness (QED) is 0.129. The number of esters is 2. The zero-order valence-corrected chi connectivity index (χ0v) is 24.2. The van der Waals surface area contributed by atoms with Crippen LogP contribution >= 0.6 is 0 Å². The lowest BCUT2D eigenvalue weighted by Crippen LogP contribution is -2.68. The van der Waals surface area contributed by atoms with Gasteiger partial charge >= 0.3 is 17.9 Å². The molecule has 1 spiro atoms. The first-order chi connectivity index (χ1) is 19.6.